The van der Waals surface area contributed by atoms with E-state index in [1.807, 2.05) is 0 Å². The van der Waals surface area contributed by atoms with E-state index >= 15 is 0 Å². The second-order valence-electron chi connectivity index (χ2n) is 5.60. The predicted octanol–water partition coefficient (Wildman–Crippen LogP) is 4.68. The van der Waals surface area contributed by atoms with Gasteiger partial charge in [-0.05, 0) is 30.8 Å². The maximum atomic E-state index is 13.4. The van der Waals surface area contributed by atoms with Gasteiger partial charge in [-0.3, -0.25) is 4.79 Å². The van der Waals surface area contributed by atoms with Crippen molar-refractivity contribution < 1.29 is 18.3 Å². The summed E-state index contributed by atoms with van der Waals surface area (Å²) >= 11 is 12.3. The predicted molar refractivity (Wildman–Crippen MR) is 99.7 cm³/mol. The molecule has 0 aliphatic carbocycles. The van der Waals surface area contributed by atoms with Crippen LogP contribution in [0.4, 0.5) is 20.2 Å². The average molecular weight is 403 g/mol. The highest BCUT2D eigenvalue weighted by atomic mass is 35.5. The largest absolute Gasteiger partial charge is 0.459 e. The van der Waals surface area contributed by atoms with Crippen molar-refractivity contribution in [1.29, 1.82) is 0 Å². The minimum Gasteiger partial charge on any atom is -0.459 e. The number of benzene rings is 2. The van der Waals surface area contributed by atoms with Crippen LogP contribution in [0, 0.1) is 0 Å². The molecule has 0 aliphatic heterocycles. The van der Waals surface area contributed by atoms with E-state index < -0.39 is 25.0 Å². The summed E-state index contributed by atoms with van der Waals surface area (Å²) in [4.78, 5) is 11.9. The molecule has 0 amide bonds. The Kier molecular flexibility index (Phi) is 7.20. The molecule has 0 radical (unpaired) electrons. The van der Waals surface area contributed by atoms with Gasteiger partial charge >= 0.3 is 5.97 Å². The first kappa shape index (κ1) is 20.4. The molecule has 2 aromatic carbocycles. The van der Waals surface area contributed by atoms with Gasteiger partial charge in [0.25, 0.3) is 5.92 Å². The maximum Gasteiger partial charge on any atom is 0.310 e. The zero-order chi connectivity index (χ0) is 19.2. The van der Waals surface area contributed by atoms with Gasteiger partial charge in [0.15, 0.2) is 6.61 Å². The molecule has 0 saturated carbocycles. The van der Waals surface area contributed by atoms with Crippen molar-refractivity contribution in [3.63, 3.8) is 0 Å². The van der Waals surface area contributed by atoms with Gasteiger partial charge < -0.3 is 15.4 Å². The molecule has 140 valence electrons. The molecule has 0 bridgehead atoms. The molecule has 0 heterocycles. The number of para-hydroxylation sites is 2. The smallest absolute Gasteiger partial charge is 0.310 e. The fraction of sp³-hybridized carbons (Fsp3) is 0.278. The normalized spacial score (nSPS) is 11.3. The SMILES string of the molecule is CNCC(F)(F)COC(=O)Cc1ccccc1Nc1c(Cl)cccc1Cl. The zero-order valence-corrected chi connectivity index (χ0v) is 15.5. The Labute approximate surface area is 160 Å². The van der Waals surface area contributed by atoms with Crippen LogP contribution < -0.4 is 10.6 Å². The van der Waals surface area contributed by atoms with E-state index in [1.165, 1.54) is 7.05 Å². The quantitative estimate of drug-likeness (QED) is 0.629. The Balaban J connectivity index is 2.08. The van der Waals surface area contributed by atoms with Gasteiger partial charge in [0.05, 0.1) is 28.7 Å². The van der Waals surface area contributed by atoms with Crippen LogP contribution in [0.1, 0.15) is 5.56 Å². The van der Waals surface area contributed by atoms with Gasteiger partial charge in [0, 0.05) is 5.69 Å². The lowest BCUT2D eigenvalue weighted by atomic mass is 10.1. The highest BCUT2D eigenvalue weighted by Gasteiger charge is 2.30. The van der Waals surface area contributed by atoms with Gasteiger partial charge in [0.2, 0.25) is 0 Å². The fourth-order valence-corrected chi connectivity index (χ4v) is 2.74. The molecule has 0 saturated heterocycles. The molecule has 4 nitrogen and oxygen atoms in total. The van der Waals surface area contributed by atoms with Crippen LogP contribution in [0.3, 0.4) is 0 Å². The van der Waals surface area contributed by atoms with Crippen molar-refractivity contribution in [2.45, 2.75) is 12.3 Å². The van der Waals surface area contributed by atoms with Crippen molar-refractivity contribution in [1.82, 2.24) is 5.32 Å². The summed E-state index contributed by atoms with van der Waals surface area (Å²) in [5.41, 5.74) is 1.66. The molecule has 0 aliphatic rings. The summed E-state index contributed by atoms with van der Waals surface area (Å²) in [6, 6.07) is 12.0. The number of carbonyl (C=O) groups excluding carboxylic acids is 1. The summed E-state index contributed by atoms with van der Waals surface area (Å²) in [5, 5.41) is 6.27. The molecule has 0 aromatic heterocycles. The van der Waals surface area contributed by atoms with Gasteiger partial charge in [-0.25, -0.2) is 8.78 Å². The molecule has 26 heavy (non-hydrogen) atoms. The Morgan fingerprint density at radius 2 is 1.77 bits per heavy atom. The summed E-state index contributed by atoms with van der Waals surface area (Å²) < 4.78 is 31.5. The lowest BCUT2D eigenvalue weighted by molar-refractivity contribution is -0.153. The maximum absolute atomic E-state index is 13.4. The van der Waals surface area contributed by atoms with Crippen molar-refractivity contribution >= 4 is 40.5 Å². The number of halogens is 4. The van der Waals surface area contributed by atoms with Crippen LogP contribution in [-0.2, 0) is 16.0 Å². The molecular formula is C18H18Cl2F2N2O2. The first-order chi connectivity index (χ1) is 12.3. The third-order valence-electron chi connectivity index (χ3n) is 3.45. The topological polar surface area (TPSA) is 50.4 Å². The minimum absolute atomic E-state index is 0.166. The van der Waals surface area contributed by atoms with Crippen LogP contribution in [-0.4, -0.2) is 32.1 Å². The first-order valence-electron chi connectivity index (χ1n) is 7.79. The summed E-state index contributed by atoms with van der Waals surface area (Å²) in [5.74, 6) is -3.87. The number of esters is 1. The molecule has 2 rings (SSSR count). The number of rotatable bonds is 8. The van der Waals surface area contributed by atoms with Crippen LogP contribution in [0.2, 0.25) is 10.0 Å². The standard InChI is InChI=1S/C18H18Cl2F2N2O2/c1-23-10-18(21,22)11-26-16(25)9-12-5-2-3-8-15(12)24-17-13(19)6-4-7-14(17)20/h2-8,23-24H,9-11H2,1H3. The van der Waals surface area contributed by atoms with E-state index in [2.05, 4.69) is 10.6 Å². The summed E-state index contributed by atoms with van der Waals surface area (Å²) in [6.45, 7) is -1.54. The van der Waals surface area contributed by atoms with Crippen molar-refractivity contribution in [2.24, 2.45) is 0 Å². The van der Waals surface area contributed by atoms with E-state index in [9.17, 15) is 13.6 Å². The van der Waals surface area contributed by atoms with Gasteiger partial charge in [-0.15, -0.1) is 0 Å². The molecular weight excluding hydrogens is 385 g/mol. The number of carbonyl (C=O) groups is 1. The monoisotopic (exact) mass is 402 g/mol. The van der Waals surface area contributed by atoms with Gasteiger partial charge in [-0.1, -0.05) is 47.5 Å². The lowest BCUT2D eigenvalue weighted by Gasteiger charge is -2.17. The van der Waals surface area contributed by atoms with E-state index in [-0.39, 0.29) is 6.42 Å². The highest BCUT2D eigenvalue weighted by Crippen LogP contribution is 2.33. The Bertz CT molecular complexity index is 752. The Morgan fingerprint density at radius 3 is 2.42 bits per heavy atom. The minimum atomic E-state index is -3.12. The van der Waals surface area contributed by atoms with Gasteiger partial charge in [-0.2, -0.15) is 0 Å². The fourth-order valence-electron chi connectivity index (χ4n) is 2.25. The summed E-state index contributed by atoms with van der Waals surface area (Å²) in [7, 11) is 1.40. The average Bonchev–Trinajstić information content (AvgIpc) is 2.58. The van der Waals surface area contributed by atoms with Crippen molar-refractivity contribution in [3.05, 3.63) is 58.1 Å². The number of alkyl halides is 2. The summed E-state index contributed by atoms with van der Waals surface area (Å²) in [6.07, 6.45) is -0.166. The van der Waals surface area contributed by atoms with Crippen molar-refractivity contribution in [2.75, 3.05) is 25.5 Å². The number of anilines is 2. The molecule has 0 unspecified atom stereocenters. The van der Waals surface area contributed by atoms with E-state index in [1.54, 1.807) is 42.5 Å². The first-order valence-corrected chi connectivity index (χ1v) is 8.55. The lowest BCUT2D eigenvalue weighted by Crippen LogP contribution is -2.36. The number of hydrogen-bond donors (Lipinski definition) is 2. The molecule has 0 spiro atoms. The molecule has 0 fully saturated rings. The van der Waals surface area contributed by atoms with E-state index in [0.717, 1.165) is 0 Å². The van der Waals surface area contributed by atoms with E-state index in [4.69, 9.17) is 27.9 Å². The van der Waals surface area contributed by atoms with Crippen LogP contribution in [0.25, 0.3) is 0 Å². The zero-order valence-electron chi connectivity index (χ0n) is 14.0. The van der Waals surface area contributed by atoms with Crippen molar-refractivity contribution in [3.8, 4) is 0 Å². The molecule has 8 heteroatoms. The Morgan fingerprint density at radius 1 is 1.12 bits per heavy atom. The number of hydrogen-bond acceptors (Lipinski definition) is 4. The number of nitrogens with one attached hydrogen (secondary N) is 2. The molecule has 0 atom stereocenters. The van der Waals surface area contributed by atoms with E-state index in [0.29, 0.717) is 27.0 Å². The third-order valence-corrected chi connectivity index (χ3v) is 4.08. The van der Waals surface area contributed by atoms with Crippen LogP contribution in [0.15, 0.2) is 42.5 Å². The van der Waals surface area contributed by atoms with Crippen LogP contribution >= 0.6 is 23.2 Å². The highest BCUT2D eigenvalue weighted by molar-refractivity contribution is 6.39. The second-order valence-corrected chi connectivity index (χ2v) is 6.42. The van der Waals surface area contributed by atoms with Gasteiger partial charge in [0.1, 0.15) is 0 Å². The second kappa shape index (κ2) is 9.16. The van der Waals surface area contributed by atoms with Crippen LogP contribution in [0.5, 0.6) is 0 Å². The molecule has 2 aromatic rings. The molecule has 2 N–H and O–H groups in total. The third kappa shape index (κ3) is 5.83. The number of ether oxygens (including phenoxy) is 1. The Hall–Kier alpha value is -1.89.